The lowest BCUT2D eigenvalue weighted by Crippen LogP contribution is -2.27. The zero-order chi connectivity index (χ0) is 17.7. The molecule has 0 bridgehead atoms. The Bertz CT molecular complexity index is 639. The summed E-state index contributed by atoms with van der Waals surface area (Å²) in [5.41, 5.74) is 3.12. The summed E-state index contributed by atoms with van der Waals surface area (Å²) in [4.78, 5) is 16.6. The molecule has 0 heterocycles. The average molecular weight is 324 g/mol. The zero-order valence-corrected chi connectivity index (χ0v) is 15.4. The van der Waals surface area contributed by atoms with Crippen molar-refractivity contribution in [3.8, 4) is 0 Å². The second kappa shape index (κ2) is 8.11. The fourth-order valence-corrected chi connectivity index (χ4v) is 3.25. The Labute approximate surface area is 145 Å². The third-order valence-corrected chi connectivity index (χ3v) is 4.30. The van der Waals surface area contributed by atoms with Gasteiger partial charge in [-0.3, -0.25) is 4.79 Å². The summed E-state index contributed by atoms with van der Waals surface area (Å²) in [6.07, 6.45) is 0. The quantitative estimate of drug-likeness (QED) is 0.794. The topological polar surface area (TPSA) is 23.6 Å². The highest BCUT2D eigenvalue weighted by Gasteiger charge is 2.19. The van der Waals surface area contributed by atoms with Crippen molar-refractivity contribution in [2.24, 2.45) is 5.92 Å². The highest BCUT2D eigenvalue weighted by Crippen LogP contribution is 2.26. The van der Waals surface area contributed by atoms with Crippen molar-refractivity contribution in [3.05, 3.63) is 71.3 Å². The van der Waals surface area contributed by atoms with Crippen molar-refractivity contribution in [1.29, 1.82) is 0 Å². The van der Waals surface area contributed by atoms with Crippen LogP contribution in [0.1, 0.15) is 41.4 Å². The third-order valence-electron chi connectivity index (χ3n) is 4.30. The average Bonchev–Trinajstić information content (AvgIpc) is 2.55. The van der Waals surface area contributed by atoms with Crippen LogP contribution in [0.4, 0.5) is 0 Å². The SMILES string of the molecule is CC(C)[C@H](c1ccc(C(=O)N(C)Cc2ccccc2)cc1)N(C)C. The normalized spacial score (nSPS) is 12.5. The number of hydrogen-bond acceptors (Lipinski definition) is 2. The van der Waals surface area contributed by atoms with Gasteiger partial charge in [0.1, 0.15) is 0 Å². The first kappa shape index (κ1) is 18.2. The van der Waals surface area contributed by atoms with E-state index in [1.54, 1.807) is 4.90 Å². The molecule has 0 fully saturated rings. The van der Waals surface area contributed by atoms with Gasteiger partial charge in [-0.1, -0.05) is 56.3 Å². The molecule has 1 atom stereocenters. The van der Waals surface area contributed by atoms with Crippen LogP contribution in [-0.2, 0) is 6.54 Å². The number of carbonyl (C=O) groups excluding carboxylic acids is 1. The summed E-state index contributed by atoms with van der Waals surface area (Å²) in [7, 11) is 6.04. The molecule has 2 rings (SSSR count). The maximum Gasteiger partial charge on any atom is 0.253 e. The van der Waals surface area contributed by atoms with Crippen LogP contribution in [0.3, 0.4) is 0 Å². The molecule has 24 heavy (non-hydrogen) atoms. The Hall–Kier alpha value is -2.13. The molecule has 0 saturated heterocycles. The van der Waals surface area contributed by atoms with E-state index in [0.717, 1.165) is 11.1 Å². The molecule has 0 aliphatic heterocycles. The van der Waals surface area contributed by atoms with E-state index in [2.05, 4.69) is 45.0 Å². The lowest BCUT2D eigenvalue weighted by molar-refractivity contribution is 0.0785. The predicted molar refractivity (Wildman–Crippen MR) is 99.9 cm³/mol. The Morgan fingerprint density at radius 3 is 2.00 bits per heavy atom. The van der Waals surface area contributed by atoms with Crippen LogP contribution in [0.5, 0.6) is 0 Å². The fourth-order valence-electron chi connectivity index (χ4n) is 3.25. The molecule has 0 radical (unpaired) electrons. The van der Waals surface area contributed by atoms with E-state index in [1.165, 1.54) is 5.56 Å². The minimum absolute atomic E-state index is 0.0522. The molecule has 0 aliphatic rings. The summed E-state index contributed by atoms with van der Waals surface area (Å²) >= 11 is 0. The molecule has 3 heteroatoms. The third kappa shape index (κ3) is 4.45. The Morgan fingerprint density at radius 2 is 1.50 bits per heavy atom. The number of benzene rings is 2. The van der Waals surface area contributed by atoms with Crippen LogP contribution in [0, 0.1) is 5.92 Å². The number of carbonyl (C=O) groups is 1. The molecule has 3 nitrogen and oxygen atoms in total. The van der Waals surface area contributed by atoms with E-state index in [9.17, 15) is 4.79 Å². The van der Waals surface area contributed by atoms with E-state index in [1.807, 2.05) is 49.5 Å². The van der Waals surface area contributed by atoms with Gasteiger partial charge in [0.15, 0.2) is 0 Å². The smallest absolute Gasteiger partial charge is 0.253 e. The first-order chi connectivity index (χ1) is 11.4. The standard InChI is InChI=1S/C21H28N2O/c1-16(2)20(22(3)4)18-11-13-19(14-12-18)21(24)23(5)15-17-9-7-6-8-10-17/h6-14,16,20H,15H2,1-5H3/t20-/m1/s1. The van der Waals surface area contributed by atoms with Crippen LogP contribution in [0.2, 0.25) is 0 Å². The number of hydrogen-bond donors (Lipinski definition) is 0. The molecule has 1 amide bonds. The molecule has 2 aromatic carbocycles. The van der Waals surface area contributed by atoms with Gasteiger partial charge in [0.05, 0.1) is 0 Å². The maximum absolute atomic E-state index is 12.6. The lowest BCUT2D eigenvalue weighted by atomic mass is 9.94. The second-order valence-corrected chi connectivity index (χ2v) is 6.92. The van der Waals surface area contributed by atoms with Crippen LogP contribution >= 0.6 is 0 Å². The van der Waals surface area contributed by atoms with Crippen molar-refractivity contribution >= 4 is 5.91 Å². The molecule has 0 aliphatic carbocycles. The minimum atomic E-state index is 0.0522. The monoisotopic (exact) mass is 324 g/mol. The highest BCUT2D eigenvalue weighted by molar-refractivity contribution is 5.94. The Balaban J connectivity index is 2.10. The van der Waals surface area contributed by atoms with Crippen LogP contribution in [-0.4, -0.2) is 36.9 Å². The molecular weight excluding hydrogens is 296 g/mol. The number of amides is 1. The first-order valence-corrected chi connectivity index (χ1v) is 8.46. The van der Waals surface area contributed by atoms with Crippen LogP contribution in [0.15, 0.2) is 54.6 Å². The van der Waals surface area contributed by atoms with E-state index in [0.29, 0.717) is 18.5 Å². The summed E-state index contributed by atoms with van der Waals surface area (Å²) in [5.74, 6) is 0.568. The molecule has 0 N–H and O–H groups in total. The van der Waals surface area contributed by atoms with Crippen molar-refractivity contribution in [2.75, 3.05) is 21.1 Å². The van der Waals surface area contributed by atoms with Gasteiger partial charge in [-0.15, -0.1) is 0 Å². The lowest BCUT2D eigenvalue weighted by Gasteiger charge is -2.28. The van der Waals surface area contributed by atoms with Crippen LogP contribution in [0.25, 0.3) is 0 Å². The van der Waals surface area contributed by atoms with Gasteiger partial charge in [-0.2, -0.15) is 0 Å². The Morgan fingerprint density at radius 1 is 0.917 bits per heavy atom. The summed E-state index contributed by atoms with van der Waals surface area (Å²) in [6.45, 7) is 5.06. The van der Waals surface area contributed by atoms with Crippen molar-refractivity contribution in [1.82, 2.24) is 9.80 Å². The summed E-state index contributed by atoms with van der Waals surface area (Å²) < 4.78 is 0. The molecule has 0 saturated carbocycles. The molecule has 0 spiro atoms. The van der Waals surface area contributed by atoms with E-state index in [4.69, 9.17) is 0 Å². The van der Waals surface area contributed by atoms with Crippen molar-refractivity contribution in [3.63, 3.8) is 0 Å². The van der Waals surface area contributed by atoms with Gasteiger partial charge in [0, 0.05) is 25.2 Å². The fraction of sp³-hybridized carbons (Fsp3) is 0.381. The van der Waals surface area contributed by atoms with Gasteiger partial charge in [-0.05, 0) is 43.3 Å². The first-order valence-electron chi connectivity index (χ1n) is 8.46. The highest BCUT2D eigenvalue weighted by atomic mass is 16.2. The zero-order valence-electron chi connectivity index (χ0n) is 15.4. The second-order valence-electron chi connectivity index (χ2n) is 6.92. The molecule has 0 aromatic heterocycles. The van der Waals surface area contributed by atoms with Gasteiger partial charge >= 0.3 is 0 Å². The van der Waals surface area contributed by atoms with Gasteiger partial charge in [-0.25, -0.2) is 0 Å². The summed E-state index contributed by atoms with van der Waals surface area (Å²) in [5, 5.41) is 0. The maximum atomic E-state index is 12.6. The molecule has 2 aromatic rings. The predicted octanol–water partition coefficient (Wildman–Crippen LogP) is 4.22. The molecule has 128 valence electrons. The van der Waals surface area contributed by atoms with Crippen molar-refractivity contribution in [2.45, 2.75) is 26.4 Å². The van der Waals surface area contributed by atoms with Gasteiger partial charge in [0.25, 0.3) is 5.91 Å². The largest absolute Gasteiger partial charge is 0.337 e. The Kier molecular flexibility index (Phi) is 6.16. The van der Waals surface area contributed by atoms with E-state index >= 15 is 0 Å². The van der Waals surface area contributed by atoms with Crippen molar-refractivity contribution < 1.29 is 4.79 Å². The number of rotatable bonds is 6. The van der Waals surface area contributed by atoms with Gasteiger partial charge < -0.3 is 9.80 Å². The van der Waals surface area contributed by atoms with Crippen LogP contribution < -0.4 is 0 Å². The molecular formula is C21H28N2O. The summed E-state index contributed by atoms with van der Waals surface area (Å²) in [6, 6.07) is 18.5. The minimum Gasteiger partial charge on any atom is -0.337 e. The van der Waals surface area contributed by atoms with Gasteiger partial charge in [0.2, 0.25) is 0 Å². The number of nitrogens with zero attached hydrogens (tertiary/aromatic N) is 2. The van der Waals surface area contributed by atoms with E-state index < -0.39 is 0 Å². The molecule has 0 unspecified atom stereocenters. The van der Waals surface area contributed by atoms with E-state index in [-0.39, 0.29) is 5.91 Å².